The molecule has 0 unspecified atom stereocenters. The summed E-state index contributed by atoms with van der Waals surface area (Å²) in [6, 6.07) is 22.7. The zero-order valence-corrected chi connectivity index (χ0v) is 14.7. The van der Waals surface area contributed by atoms with E-state index in [9.17, 15) is 9.59 Å². The Hall–Kier alpha value is -3.40. The van der Waals surface area contributed by atoms with E-state index in [1.807, 2.05) is 49.4 Å². The number of amides is 2. The molecule has 0 heterocycles. The summed E-state index contributed by atoms with van der Waals surface area (Å²) in [5.41, 5.74) is 4.95. The molecule has 3 aromatic rings. The number of hydrogen-bond donors (Lipinski definition) is 2. The average Bonchev–Trinajstić information content (AvgIpc) is 2.63. The summed E-state index contributed by atoms with van der Waals surface area (Å²) in [5.74, 6) is -0.398. The second-order valence-corrected chi connectivity index (χ2v) is 6.13. The smallest absolute Gasteiger partial charge is 0.255 e. The lowest BCUT2D eigenvalue weighted by Gasteiger charge is -2.13. The van der Waals surface area contributed by atoms with Gasteiger partial charge in [0.15, 0.2) is 0 Å². The molecule has 0 aliphatic carbocycles. The van der Waals surface area contributed by atoms with Gasteiger partial charge in [-0.2, -0.15) is 0 Å². The first-order valence-electron chi connectivity index (χ1n) is 8.38. The predicted octanol–water partition coefficient (Wildman–Crippen LogP) is 4.87. The third-order valence-electron chi connectivity index (χ3n) is 3.95. The topological polar surface area (TPSA) is 58.2 Å². The summed E-state index contributed by atoms with van der Waals surface area (Å²) < 4.78 is 0. The van der Waals surface area contributed by atoms with Gasteiger partial charge in [0.25, 0.3) is 5.91 Å². The number of carbonyl (C=O) groups is 2. The Labute approximate surface area is 152 Å². The van der Waals surface area contributed by atoms with E-state index in [4.69, 9.17) is 0 Å². The van der Waals surface area contributed by atoms with E-state index in [1.54, 1.807) is 24.3 Å². The number of anilines is 2. The molecule has 0 aliphatic rings. The molecule has 130 valence electrons. The molecular formula is C22H20N2O2. The lowest BCUT2D eigenvalue weighted by atomic mass is 10.0. The first-order chi connectivity index (χ1) is 12.5. The Bertz CT molecular complexity index is 949. The third kappa shape index (κ3) is 4.16. The van der Waals surface area contributed by atoms with E-state index >= 15 is 0 Å². The van der Waals surface area contributed by atoms with Gasteiger partial charge in [0.05, 0.1) is 0 Å². The lowest BCUT2D eigenvalue weighted by molar-refractivity contribution is -0.114. The number of carbonyl (C=O) groups excluding carboxylic acids is 2. The molecule has 2 amide bonds. The standard InChI is InChI=1S/C22H20N2O2/c1-15-11-12-21(20(13-15)17-7-4-3-5-8-17)24-22(26)18-9-6-10-19(14-18)23-16(2)25/h3-14H,1-2H3,(H,23,25)(H,24,26). The molecule has 0 aromatic heterocycles. The fraction of sp³-hybridized carbons (Fsp3) is 0.0909. The fourth-order valence-electron chi connectivity index (χ4n) is 2.76. The van der Waals surface area contributed by atoms with E-state index in [0.29, 0.717) is 11.3 Å². The van der Waals surface area contributed by atoms with E-state index in [2.05, 4.69) is 16.7 Å². The van der Waals surface area contributed by atoms with Crippen molar-refractivity contribution >= 4 is 23.2 Å². The zero-order chi connectivity index (χ0) is 18.5. The van der Waals surface area contributed by atoms with Crippen LogP contribution in [0.3, 0.4) is 0 Å². The van der Waals surface area contributed by atoms with Crippen molar-refractivity contribution in [2.75, 3.05) is 10.6 Å². The van der Waals surface area contributed by atoms with Gasteiger partial charge in [0.2, 0.25) is 5.91 Å². The van der Waals surface area contributed by atoms with Crippen LogP contribution in [0.2, 0.25) is 0 Å². The van der Waals surface area contributed by atoms with Crippen molar-refractivity contribution in [1.29, 1.82) is 0 Å². The van der Waals surface area contributed by atoms with Crippen LogP contribution in [0, 0.1) is 6.92 Å². The number of hydrogen-bond acceptors (Lipinski definition) is 2. The molecule has 3 rings (SSSR count). The summed E-state index contributed by atoms with van der Waals surface area (Å²) in [5, 5.41) is 5.67. The van der Waals surface area contributed by atoms with Crippen molar-refractivity contribution in [2.45, 2.75) is 13.8 Å². The van der Waals surface area contributed by atoms with Gasteiger partial charge in [-0.25, -0.2) is 0 Å². The SMILES string of the molecule is CC(=O)Nc1cccc(C(=O)Nc2ccc(C)cc2-c2ccccc2)c1. The average molecular weight is 344 g/mol. The quantitative estimate of drug-likeness (QED) is 0.709. The van der Waals surface area contributed by atoms with Gasteiger partial charge in [0, 0.05) is 29.4 Å². The maximum Gasteiger partial charge on any atom is 0.255 e. The van der Waals surface area contributed by atoms with Gasteiger partial charge in [-0.1, -0.05) is 48.0 Å². The minimum Gasteiger partial charge on any atom is -0.326 e. The number of benzene rings is 3. The van der Waals surface area contributed by atoms with Crippen molar-refractivity contribution < 1.29 is 9.59 Å². The Morgan fingerprint density at radius 1 is 0.808 bits per heavy atom. The second-order valence-electron chi connectivity index (χ2n) is 6.13. The predicted molar refractivity (Wildman–Crippen MR) is 105 cm³/mol. The summed E-state index contributed by atoms with van der Waals surface area (Å²) in [6.07, 6.45) is 0. The summed E-state index contributed by atoms with van der Waals surface area (Å²) in [4.78, 5) is 23.9. The Morgan fingerprint density at radius 2 is 1.58 bits per heavy atom. The minimum absolute atomic E-state index is 0.174. The van der Waals surface area contributed by atoms with Gasteiger partial charge in [-0.15, -0.1) is 0 Å². The van der Waals surface area contributed by atoms with Gasteiger partial charge in [0.1, 0.15) is 0 Å². The van der Waals surface area contributed by atoms with Gasteiger partial charge < -0.3 is 10.6 Å². The van der Waals surface area contributed by atoms with Crippen LogP contribution in [-0.2, 0) is 4.79 Å². The Kier molecular flexibility index (Phi) is 5.13. The van der Waals surface area contributed by atoms with Crippen molar-refractivity contribution in [3.63, 3.8) is 0 Å². The van der Waals surface area contributed by atoms with E-state index in [1.165, 1.54) is 6.92 Å². The van der Waals surface area contributed by atoms with Crippen LogP contribution in [0.15, 0.2) is 72.8 Å². The van der Waals surface area contributed by atoms with Crippen LogP contribution in [0.5, 0.6) is 0 Å². The summed E-state index contributed by atoms with van der Waals surface area (Å²) in [7, 11) is 0. The molecule has 26 heavy (non-hydrogen) atoms. The van der Waals surface area contributed by atoms with Crippen molar-refractivity contribution in [1.82, 2.24) is 0 Å². The van der Waals surface area contributed by atoms with E-state index < -0.39 is 0 Å². The molecule has 0 atom stereocenters. The normalized spacial score (nSPS) is 10.2. The number of nitrogens with one attached hydrogen (secondary N) is 2. The van der Waals surface area contributed by atoms with E-state index in [0.717, 1.165) is 22.4 Å². The highest BCUT2D eigenvalue weighted by atomic mass is 16.2. The van der Waals surface area contributed by atoms with Gasteiger partial charge in [-0.3, -0.25) is 9.59 Å². The van der Waals surface area contributed by atoms with Gasteiger partial charge >= 0.3 is 0 Å². The van der Waals surface area contributed by atoms with Crippen LogP contribution < -0.4 is 10.6 Å². The molecule has 0 fully saturated rings. The van der Waals surface area contributed by atoms with Crippen LogP contribution >= 0.6 is 0 Å². The molecule has 0 spiro atoms. The molecule has 2 N–H and O–H groups in total. The molecule has 4 nitrogen and oxygen atoms in total. The van der Waals surface area contributed by atoms with E-state index in [-0.39, 0.29) is 11.8 Å². The molecule has 0 bridgehead atoms. The number of rotatable bonds is 4. The minimum atomic E-state index is -0.224. The molecule has 0 saturated heterocycles. The third-order valence-corrected chi connectivity index (χ3v) is 3.95. The van der Waals surface area contributed by atoms with Gasteiger partial charge in [-0.05, 0) is 42.8 Å². The Morgan fingerprint density at radius 3 is 2.31 bits per heavy atom. The maximum absolute atomic E-state index is 12.7. The highest BCUT2D eigenvalue weighted by Gasteiger charge is 2.11. The monoisotopic (exact) mass is 344 g/mol. The first kappa shape index (κ1) is 17.4. The fourth-order valence-corrected chi connectivity index (χ4v) is 2.76. The zero-order valence-electron chi connectivity index (χ0n) is 14.7. The maximum atomic E-state index is 12.7. The molecule has 0 radical (unpaired) electrons. The molecular weight excluding hydrogens is 324 g/mol. The molecule has 3 aromatic carbocycles. The van der Waals surface area contributed by atoms with Crippen molar-refractivity contribution in [3.8, 4) is 11.1 Å². The summed E-state index contributed by atoms with van der Waals surface area (Å²) in [6.45, 7) is 3.46. The highest BCUT2D eigenvalue weighted by Crippen LogP contribution is 2.29. The van der Waals surface area contributed by atoms with Crippen LogP contribution in [-0.4, -0.2) is 11.8 Å². The van der Waals surface area contributed by atoms with Crippen LogP contribution in [0.1, 0.15) is 22.8 Å². The molecule has 0 saturated carbocycles. The largest absolute Gasteiger partial charge is 0.326 e. The van der Waals surface area contributed by atoms with Crippen molar-refractivity contribution in [2.24, 2.45) is 0 Å². The summed E-state index contributed by atoms with van der Waals surface area (Å²) >= 11 is 0. The Balaban J connectivity index is 1.90. The lowest BCUT2D eigenvalue weighted by Crippen LogP contribution is -2.13. The molecule has 0 aliphatic heterocycles. The first-order valence-corrected chi connectivity index (χ1v) is 8.38. The highest BCUT2D eigenvalue weighted by molar-refractivity contribution is 6.07. The van der Waals surface area contributed by atoms with Crippen LogP contribution in [0.25, 0.3) is 11.1 Å². The molecule has 4 heteroatoms. The second kappa shape index (κ2) is 7.66. The van der Waals surface area contributed by atoms with Crippen LogP contribution in [0.4, 0.5) is 11.4 Å². The number of aryl methyl sites for hydroxylation is 1. The van der Waals surface area contributed by atoms with Crippen molar-refractivity contribution in [3.05, 3.63) is 83.9 Å².